The van der Waals surface area contributed by atoms with Gasteiger partial charge in [-0.2, -0.15) is 0 Å². The smallest absolute Gasteiger partial charge is 0.000807 e. The summed E-state index contributed by atoms with van der Waals surface area (Å²) in [6, 6.07) is 35.8. The molecule has 0 amide bonds. The predicted molar refractivity (Wildman–Crippen MR) is 121 cm³/mol. The molecule has 7 rings (SSSR count). The van der Waals surface area contributed by atoms with Gasteiger partial charge in [-0.3, -0.25) is 0 Å². The Kier molecular flexibility index (Phi) is 2.57. The monoisotopic (exact) mass is 352 g/mol. The molecule has 0 aliphatic heterocycles. The maximum Gasteiger partial charge on any atom is -0.000807 e. The molecule has 0 heteroatoms. The minimum absolute atomic E-state index is 1.30. The van der Waals surface area contributed by atoms with Crippen molar-refractivity contribution < 1.29 is 0 Å². The predicted octanol–water partition coefficient (Wildman–Crippen LogP) is 7.95. The van der Waals surface area contributed by atoms with Crippen molar-refractivity contribution >= 4 is 43.1 Å². The van der Waals surface area contributed by atoms with Crippen molar-refractivity contribution in [1.82, 2.24) is 0 Å². The second kappa shape index (κ2) is 4.99. The van der Waals surface area contributed by atoms with E-state index in [2.05, 4.69) is 97.1 Å². The Bertz CT molecular complexity index is 1570. The molecular formula is C28H16. The summed E-state index contributed by atoms with van der Waals surface area (Å²) in [5.41, 5.74) is 5.45. The highest BCUT2D eigenvalue weighted by Crippen LogP contribution is 2.52. The van der Waals surface area contributed by atoms with Gasteiger partial charge in [0.1, 0.15) is 0 Å². The van der Waals surface area contributed by atoms with E-state index >= 15 is 0 Å². The minimum atomic E-state index is 1.30. The highest BCUT2D eigenvalue weighted by Gasteiger charge is 2.24. The van der Waals surface area contributed by atoms with Crippen LogP contribution >= 0.6 is 0 Å². The molecule has 0 radical (unpaired) electrons. The summed E-state index contributed by atoms with van der Waals surface area (Å²) < 4.78 is 0. The van der Waals surface area contributed by atoms with E-state index in [0.717, 1.165) is 0 Å². The maximum atomic E-state index is 2.40. The number of benzene rings is 6. The fourth-order valence-electron chi connectivity index (χ4n) is 5.18. The molecule has 0 atom stereocenters. The van der Waals surface area contributed by atoms with Crippen molar-refractivity contribution in [3.8, 4) is 22.3 Å². The van der Waals surface area contributed by atoms with Crippen molar-refractivity contribution in [2.24, 2.45) is 0 Å². The van der Waals surface area contributed by atoms with Gasteiger partial charge in [0.25, 0.3) is 0 Å². The third-order valence-corrected chi connectivity index (χ3v) is 6.34. The lowest BCUT2D eigenvalue weighted by Gasteiger charge is -2.13. The zero-order chi connectivity index (χ0) is 18.2. The molecule has 128 valence electrons. The quantitative estimate of drug-likeness (QED) is 0.243. The van der Waals surface area contributed by atoms with Gasteiger partial charge in [0.15, 0.2) is 0 Å². The summed E-state index contributed by atoms with van der Waals surface area (Å²) >= 11 is 0. The lowest BCUT2D eigenvalue weighted by Crippen LogP contribution is -1.85. The van der Waals surface area contributed by atoms with Crippen LogP contribution in [0, 0.1) is 0 Å². The Morgan fingerprint density at radius 3 is 1.61 bits per heavy atom. The zero-order valence-electron chi connectivity index (χ0n) is 15.2. The molecule has 6 aromatic carbocycles. The fraction of sp³-hybridized carbons (Fsp3) is 0. The van der Waals surface area contributed by atoms with E-state index in [0.29, 0.717) is 0 Å². The molecule has 0 heterocycles. The maximum absolute atomic E-state index is 2.40. The molecule has 6 aromatic rings. The van der Waals surface area contributed by atoms with E-state index in [1.165, 1.54) is 65.3 Å². The van der Waals surface area contributed by atoms with Crippen LogP contribution in [0.1, 0.15) is 0 Å². The Labute approximate surface area is 162 Å². The number of fused-ring (bicyclic) bond motifs is 9. The molecule has 0 unspecified atom stereocenters. The van der Waals surface area contributed by atoms with Crippen LogP contribution in [-0.2, 0) is 0 Å². The molecule has 0 N–H and O–H groups in total. The Morgan fingerprint density at radius 2 is 0.857 bits per heavy atom. The third kappa shape index (κ3) is 1.66. The van der Waals surface area contributed by atoms with Gasteiger partial charge in [0.05, 0.1) is 0 Å². The summed E-state index contributed by atoms with van der Waals surface area (Å²) in [5.74, 6) is 0. The van der Waals surface area contributed by atoms with Crippen LogP contribution in [-0.4, -0.2) is 0 Å². The molecule has 0 spiro atoms. The van der Waals surface area contributed by atoms with Gasteiger partial charge in [-0.25, -0.2) is 0 Å². The van der Waals surface area contributed by atoms with E-state index in [9.17, 15) is 0 Å². The summed E-state index contributed by atoms with van der Waals surface area (Å²) in [6.45, 7) is 0. The van der Waals surface area contributed by atoms with Gasteiger partial charge in [-0.15, -0.1) is 0 Å². The summed E-state index contributed by atoms with van der Waals surface area (Å²) in [5, 5.41) is 10.8. The lowest BCUT2D eigenvalue weighted by molar-refractivity contribution is 1.70. The molecule has 28 heavy (non-hydrogen) atoms. The number of hydrogen-bond donors (Lipinski definition) is 0. The number of rotatable bonds is 0. The molecule has 1 aliphatic rings. The Hall–Kier alpha value is -3.64. The lowest BCUT2D eigenvalue weighted by atomic mass is 9.89. The molecule has 0 fully saturated rings. The first kappa shape index (κ1) is 14.4. The van der Waals surface area contributed by atoms with E-state index in [1.807, 2.05) is 0 Å². The second-order valence-electron chi connectivity index (χ2n) is 7.75. The van der Waals surface area contributed by atoms with Crippen LogP contribution in [0.4, 0.5) is 0 Å². The second-order valence-corrected chi connectivity index (χ2v) is 7.75. The van der Waals surface area contributed by atoms with Crippen molar-refractivity contribution in [2.75, 3.05) is 0 Å². The summed E-state index contributed by atoms with van der Waals surface area (Å²) in [6.07, 6.45) is 0. The van der Waals surface area contributed by atoms with Gasteiger partial charge in [0, 0.05) is 0 Å². The van der Waals surface area contributed by atoms with Gasteiger partial charge < -0.3 is 0 Å². The molecular weight excluding hydrogens is 336 g/mol. The standard InChI is InChI=1S/C28H16/c1-3-9-20-17(7-1)13-14-19-16-25-23-12-6-5-11-22(23)24-15-18-8-2-4-10-21(18)28(26(19)20)27(24)25/h1-16H. The van der Waals surface area contributed by atoms with Crippen LogP contribution in [0.3, 0.4) is 0 Å². The van der Waals surface area contributed by atoms with Crippen LogP contribution in [0.2, 0.25) is 0 Å². The molecule has 0 nitrogen and oxygen atoms in total. The summed E-state index contributed by atoms with van der Waals surface area (Å²) in [7, 11) is 0. The normalized spacial score (nSPS) is 12.3. The van der Waals surface area contributed by atoms with Crippen molar-refractivity contribution in [1.29, 1.82) is 0 Å². The first-order valence-electron chi connectivity index (χ1n) is 9.80. The van der Waals surface area contributed by atoms with E-state index in [1.54, 1.807) is 0 Å². The third-order valence-electron chi connectivity index (χ3n) is 6.34. The first-order valence-corrected chi connectivity index (χ1v) is 9.80. The fourth-order valence-corrected chi connectivity index (χ4v) is 5.18. The topological polar surface area (TPSA) is 0 Å². The van der Waals surface area contributed by atoms with E-state index in [-0.39, 0.29) is 0 Å². The van der Waals surface area contributed by atoms with Crippen molar-refractivity contribution in [3.63, 3.8) is 0 Å². The number of hydrogen-bond acceptors (Lipinski definition) is 0. The Morgan fingerprint density at radius 1 is 0.321 bits per heavy atom. The molecule has 0 aromatic heterocycles. The first-order chi connectivity index (χ1) is 13.9. The van der Waals surface area contributed by atoms with E-state index in [4.69, 9.17) is 0 Å². The van der Waals surface area contributed by atoms with Crippen molar-refractivity contribution in [3.05, 3.63) is 97.1 Å². The minimum Gasteiger partial charge on any atom is -0.0616 e. The molecule has 0 bridgehead atoms. The molecule has 0 saturated carbocycles. The van der Waals surface area contributed by atoms with Gasteiger partial charge in [-0.05, 0) is 77.5 Å². The molecule has 1 aliphatic carbocycles. The Balaban J connectivity index is 1.89. The van der Waals surface area contributed by atoms with Crippen LogP contribution in [0.25, 0.3) is 65.3 Å². The molecule has 0 saturated heterocycles. The van der Waals surface area contributed by atoms with Crippen LogP contribution in [0.5, 0.6) is 0 Å². The van der Waals surface area contributed by atoms with Gasteiger partial charge in [0.2, 0.25) is 0 Å². The summed E-state index contributed by atoms with van der Waals surface area (Å²) in [4.78, 5) is 0. The van der Waals surface area contributed by atoms with Crippen LogP contribution in [0.15, 0.2) is 97.1 Å². The van der Waals surface area contributed by atoms with Crippen LogP contribution < -0.4 is 0 Å². The average molecular weight is 352 g/mol. The average Bonchev–Trinajstić information content (AvgIpc) is 3.07. The van der Waals surface area contributed by atoms with Gasteiger partial charge in [-0.1, -0.05) is 84.9 Å². The SMILES string of the molecule is c1ccc2c(c1)-c1cc3ccccc3c3c1c-2cc1ccc2ccccc2c13. The zero-order valence-corrected chi connectivity index (χ0v) is 15.2. The van der Waals surface area contributed by atoms with Crippen molar-refractivity contribution in [2.45, 2.75) is 0 Å². The van der Waals surface area contributed by atoms with E-state index < -0.39 is 0 Å². The largest absolute Gasteiger partial charge is 0.0616 e. The highest BCUT2D eigenvalue weighted by molar-refractivity contribution is 6.35. The highest BCUT2D eigenvalue weighted by atomic mass is 14.3. The van der Waals surface area contributed by atoms with Gasteiger partial charge >= 0.3 is 0 Å².